The average molecular weight is 368 g/mol. The molecule has 0 spiro atoms. The first-order chi connectivity index (χ1) is 13.1. The van der Waals surface area contributed by atoms with Crippen molar-refractivity contribution in [3.05, 3.63) is 29.8 Å². The van der Waals surface area contributed by atoms with E-state index < -0.39 is 0 Å². The average Bonchev–Trinajstić information content (AvgIpc) is 3.31. The van der Waals surface area contributed by atoms with Crippen LogP contribution in [-0.4, -0.2) is 41.9 Å². The summed E-state index contributed by atoms with van der Waals surface area (Å²) in [5, 5.41) is 2.95. The maximum atomic E-state index is 12.9. The van der Waals surface area contributed by atoms with Crippen LogP contribution in [-0.2, 0) is 14.3 Å². The van der Waals surface area contributed by atoms with Crippen molar-refractivity contribution in [2.24, 2.45) is 23.7 Å². The number of carbonyl (C=O) groups excluding carboxylic acids is 3. The van der Waals surface area contributed by atoms with Gasteiger partial charge in [-0.25, -0.2) is 0 Å². The summed E-state index contributed by atoms with van der Waals surface area (Å²) in [7, 11) is 0. The summed E-state index contributed by atoms with van der Waals surface area (Å²) >= 11 is 0. The van der Waals surface area contributed by atoms with E-state index in [0.717, 1.165) is 38.8 Å². The lowest BCUT2D eigenvalue weighted by molar-refractivity contribution is -0.145. The largest absolute Gasteiger partial charge is 0.462 e. The number of piperidine rings is 1. The Morgan fingerprint density at radius 3 is 2.74 bits per heavy atom. The SMILES string of the molecule is O=C(Nc1cccc(C(=O)N2CCCCC2)c1)[C@@H]1[C@@H]2C[C@@H]3[C@@H]1C(=O)O[C@H]3C2. The van der Waals surface area contributed by atoms with Crippen molar-refractivity contribution in [1.29, 1.82) is 0 Å². The lowest BCUT2D eigenvalue weighted by atomic mass is 9.79. The Bertz CT molecular complexity index is 799. The Balaban J connectivity index is 1.30. The van der Waals surface area contributed by atoms with Crippen molar-refractivity contribution in [3.8, 4) is 0 Å². The van der Waals surface area contributed by atoms with E-state index in [1.165, 1.54) is 6.42 Å². The van der Waals surface area contributed by atoms with E-state index in [0.29, 0.717) is 11.3 Å². The van der Waals surface area contributed by atoms with E-state index in [4.69, 9.17) is 4.74 Å². The third-order valence-corrected chi connectivity index (χ3v) is 6.81. The summed E-state index contributed by atoms with van der Waals surface area (Å²) in [5.74, 6) is -0.450. The molecule has 5 rings (SSSR count). The molecule has 2 bridgehead atoms. The van der Waals surface area contributed by atoms with Crippen molar-refractivity contribution in [3.63, 3.8) is 0 Å². The van der Waals surface area contributed by atoms with Gasteiger partial charge in [-0.1, -0.05) is 6.07 Å². The van der Waals surface area contributed by atoms with Crippen LogP contribution < -0.4 is 5.32 Å². The number of likely N-dealkylation sites (tertiary alicyclic amines) is 1. The topological polar surface area (TPSA) is 75.7 Å². The van der Waals surface area contributed by atoms with Crippen molar-refractivity contribution < 1.29 is 19.1 Å². The Morgan fingerprint density at radius 2 is 1.93 bits per heavy atom. The Labute approximate surface area is 158 Å². The zero-order chi connectivity index (χ0) is 18.5. The quantitative estimate of drug-likeness (QED) is 0.832. The minimum absolute atomic E-state index is 0.0212. The number of hydrogen-bond acceptors (Lipinski definition) is 4. The van der Waals surface area contributed by atoms with Gasteiger partial charge in [0.25, 0.3) is 5.91 Å². The molecule has 1 N–H and O–H groups in total. The van der Waals surface area contributed by atoms with E-state index in [1.54, 1.807) is 24.3 Å². The van der Waals surface area contributed by atoms with Gasteiger partial charge in [0, 0.05) is 30.3 Å². The smallest absolute Gasteiger partial charge is 0.310 e. The first kappa shape index (κ1) is 16.8. The fourth-order valence-electron chi connectivity index (χ4n) is 5.60. The highest BCUT2D eigenvalue weighted by Gasteiger charge is 2.63. The van der Waals surface area contributed by atoms with Crippen LogP contribution in [0, 0.1) is 23.7 Å². The van der Waals surface area contributed by atoms with Gasteiger partial charge >= 0.3 is 5.97 Å². The second-order valence-corrected chi connectivity index (χ2v) is 8.35. The summed E-state index contributed by atoms with van der Waals surface area (Å²) in [6, 6.07) is 7.14. The molecule has 142 valence electrons. The molecule has 1 aromatic rings. The molecule has 4 fully saturated rings. The van der Waals surface area contributed by atoms with Crippen LogP contribution >= 0.6 is 0 Å². The molecule has 0 radical (unpaired) electrons. The molecular weight excluding hydrogens is 344 g/mol. The molecule has 2 saturated heterocycles. The first-order valence-electron chi connectivity index (χ1n) is 10.0. The number of nitrogens with one attached hydrogen (secondary N) is 1. The van der Waals surface area contributed by atoms with Gasteiger partial charge in [0.1, 0.15) is 6.10 Å². The van der Waals surface area contributed by atoms with Gasteiger partial charge in [-0.15, -0.1) is 0 Å². The van der Waals surface area contributed by atoms with Crippen LogP contribution in [0.15, 0.2) is 24.3 Å². The summed E-state index contributed by atoms with van der Waals surface area (Å²) < 4.78 is 5.42. The van der Waals surface area contributed by atoms with Crippen LogP contribution in [0.3, 0.4) is 0 Å². The van der Waals surface area contributed by atoms with Crippen LogP contribution in [0.5, 0.6) is 0 Å². The van der Waals surface area contributed by atoms with E-state index in [-0.39, 0.29) is 47.6 Å². The highest BCUT2D eigenvalue weighted by Crippen LogP contribution is 2.57. The van der Waals surface area contributed by atoms with Crippen LogP contribution in [0.4, 0.5) is 5.69 Å². The number of fused-ring (bicyclic) bond motifs is 1. The third-order valence-electron chi connectivity index (χ3n) is 6.81. The number of nitrogens with zero attached hydrogens (tertiary/aromatic N) is 1. The van der Waals surface area contributed by atoms with E-state index in [9.17, 15) is 14.4 Å². The summed E-state index contributed by atoms with van der Waals surface area (Å²) in [5.41, 5.74) is 1.22. The molecule has 2 heterocycles. The normalized spacial score (nSPS) is 33.9. The van der Waals surface area contributed by atoms with Crippen LogP contribution in [0.1, 0.15) is 42.5 Å². The number of benzene rings is 1. The second kappa shape index (κ2) is 6.36. The van der Waals surface area contributed by atoms with Crippen molar-refractivity contribution >= 4 is 23.5 Å². The Morgan fingerprint density at radius 1 is 1.11 bits per heavy atom. The third kappa shape index (κ3) is 2.73. The minimum atomic E-state index is -0.303. The lowest BCUT2D eigenvalue weighted by Crippen LogP contribution is -2.36. The summed E-state index contributed by atoms with van der Waals surface area (Å²) in [6.07, 6.45) is 5.01. The highest BCUT2D eigenvalue weighted by atomic mass is 16.6. The number of esters is 1. The number of ether oxygens (including phenoxy) is 1. The Kier molecular flexibility index (Phi) is 3.95. The zero-order valence-electron chi connectivity index (χ0n) is 15.2. The molecule has 0 unspecified atom stereocenters. The number of anilines is 1. The lowest BCUT2D eigenvalue weighted by Gasteiger charge is -2.27. The summed E-state index contributed by atoms with van der Waals surface area (Å²) in [4.78, 5) is 39.6. The molecule has 6 heteroatoms. The van der Waals surface area contributed by atoms with E-state index >= 15 is 0 Å². The number of hydrogen-bond donors (Lipinski definition) is 1. The molecule has 27 heavy (non-hydrogen) atoms. The molecule has 0 aromatic heterocycles. The predicted octanol–water partition coefficient (Wildman–Crippen LogP) is 2.45. The Hall–Kier alpha value is -2.37. The number of carbonyl (C=O) groups is 3. The molecule has 6 nitrogen and oxygen atoms in total. The minimum Gasteiger partial charge on any atom is -0.462 e. The van der Waals surface area contributed by atoms with E-state index in [1.807, 2.05) is 4.90 Å². The fraction of sp³-hybridized carbons (Fsp3) is 0.571. The molecule has 2 aliphatic heterocycles. The van der Waals surface area contributed by atoms with Gasteiger partial charge in [0.2, 0.25) is 5.91 Å². The molecular formula is C21H24N2O4. The molecule has 2 aliphatic carbocycles. The zero-order valence-corrected chi connectivity index (χ0v) is 15.2. The molecule has 2 amide bonds. The maximum absolute atomic E-state index is 12.9. The van der Waals surface area contributed by atoms with E-state index in [2.05, 4.69) is 5.32 Å². The number of rotatable bonds is 3. The monoisotopic (exact) mass is 368 g/mol. The molecule has 5 atom stereocenters. The molecule has 2 saturated carbocycles. The number of amides is 2. The fourth-order valence-corrected chi connectivity index (χ4v) is 5.60. The maximum Gasteiger partial charge on any atom is 0.310 e. The van der Waals surface area contributed by atoms with Crippen molar-refractivity contribution in [2.45, 2.75) is 38.2 Å². The van der Waals surface area contributed by atoms with Gasteiger partial charge in [-0.05, 0) is 56.2 Å². The highest BCUT2D eigenvalue weighted by molar-refractivity contribution is 5.99. The van der Waals surface area contributed by atoms with Gasteiger partial charge in [0.05, 0.1) is 11.8 Å². The van der Waals surface area contributed by atoms with Crippen molar-refractivity contribution in [2.75, 3.05) is 18.4 Å². The van der Waals surface area contributed by atoms with Gasteiger partial charge in [-0.2, -0.15) is 0 Å². The van der Waals surface area contributed by atoms with Gasteiger partial charge in [0.15, 0.2) is 0 Å². The molecule has 4 aliphatic rings. The standard InChI is InChI=1S/C21H24N2O4/c24-19(17-13-10-15-16(11-13)27-21(26)18(15)17)22-14-6-4-5-12(9-14)20(25)23-7-2-1-3-8-23/h4-6,9,13,15-18H,1-3,7-8,10-11H2,(H,22,24)/t13-,15+,16+,17-,18+/m1/s1. The van der Waals surface area contributed by atoms with Crippen LogP contribution in [0.25, 0.3) is 0 Å². The summed E-state index contributed by atoms with van der Waals surface area (Å²) in [6.45, 7) is 1.59. The van der Waals surface area contributed by atoms with Gasteiger partial charge < -0.3 is 15.0 Å². The van der Waals surface area contributed by atoms with Gasteiger partial charge in [-0.3, -0.25) is 14.4 Å². The molecule has 1 aromatic carbocycles. The second-order valence-electron chi connectivity index (χ2n) is 8.35. The first-order valence-corrected chi connectivity index (χ1v) is 10.0. The van der Waals surface area contributed by atoms with Crippen LogP contribution in [0.2, 0.25) is 0 Å². The predicted molar refractivity (Wildman–Crippen MR) is 97.9 cm³/mol. The van der Waals surface area contributed by atoms with Crippen molar-refractivity contribution in [1.82, 2.24) is 4.90 Å².